The van der Waals surface area contributed by atoms with Crippen molar-refractivity contribution in [3.05, 3.63) is 82.7 Å². The highest BCUT2D eigenvalue weighted by Gasteiger charge is 2.23. The number of halogens is 3. The molecule has 0 N–H and O–H groups in total. The molecule has 142 valence electrons. The minimum atomic E-state index is -0.840. The lowest BCUT2D eigenvalue weighted by atomic mass is 9.78. The first kappa shape index (κ1) is 18.6. The van der Waals surface area contributed by atoms with Crippen molar-refractivity contribution < 1.29 is 13.2 Å². The largest absolute Gasteiger partial charge is 0.207 e. The summed E-state index contributed by atoms with van der Waals surface area (Å²) in [4.78, 5) is 0. The van der Waals surface area contributed by atoms with Gasteiger partial charge in [0, 0.05) is 16.9 Å². The average Bonchev–Trinajstić information content (AvgIpc) is 2.70. The summed E-state index contributed by atoms with van der Waals surface area (Å²) in [6, 6.07) is 13.3. The van der Waals surface area contributed by atoms with E-state index in [9.17, 15) is 13.2 Å². The van der Waals surface area contributed by atoms with Crippen LogP contribution in [0.4, 0.5) is 13.2 Å². The predicted octanol–water partition coefficient (Wildman–Crippen LogP) is 6.89. The third kappa shape index (κ3) is 3.78. The van der Waals surface area contributed by atoms with Crippen molar-refractivity contribution in [3.8, 4) is 11.8 Å². The van der Waals surface area contributed by atoms with Crippen molar-refractivity contribution in [2.45, 2.75) is 38.5 Å². The monoisotopic (exact) mass is 378 g/mol. The summed E-state index contributed by atoms with van der Waals surface area (Å²) < 4.78 is 41.3. The van der Waals surface area contributed by atoms with E-state index in [4.69, 9.17) is 0 Å². The molecule has 0 amide bonds. The zero-order valence-corrected chi connectivity index (χ0v) is 15.7. The van der Waals surface area contributed by atoms with Gasteiger partial charge in [-0.05, 0) is 79.3 Å². The molecule has 1 fully saturated rings. The Bertz CT molecular complexity index is 1080. The molecule has 1 saturated carbocycles. The second-order valence-corrected chi connectivity index (χ2v) is 7.64. The molecule has 0 aliphatic heterocycles. The van der Waals surface area contributed by atoms with E-state index in [-0.39, 0.29) is 23.0 Å². The fourth-order valence-electron chi connectivity index (χ4n) is 4.04. The molecule has 4 rings (SSSR count). The smallest absolute Gasteiger partial charge is 0.166 e. The fourth-order valence-corrected chi connectivity index (χ4v) is 4.04. The van der Waals surface area contributed by atoms with Crippen LogP contribution in [0.15, 0.2) is 48.5 Å². The van der Waals surface area contributed by atoms with E-state index in [1.807, 2.05) is 19.1 Å². The molecule has 28 heavy (non-hydrogen) atoms. The molecule has 0 heterocycles. The van der Waals surface area contributed by atoms with Crippen molar-refractivity contribution in [1.82, 2.24) is 0 Å². The number of hydrogen-bond donors (Lipinski definition) is 0. The molecule has 1 aliphatic rings. The molecule has 0 unspecified atom stereocenters. The van der Waals surface area contributed by atoms with Crippen molar-refractivity contribution in [3.63, 3.8) is 0 Å². The highest BCUT2D eigenvalue weighted by Crippen LogP contribution is 2.36. The van der Waals surface area contributed by atoms with Crippen molar-refractivity contribution in [1.29, 1.82) is 0 Å². The number of fused-ring (bicyclic) bond motifs is 1. The molecular formula is C25H21F3. The van der Waals surface area contributed by atoms with Gasteiger partial charge < -0.3 is 0 Å². The summed E-state index contributed by atoms with van der Waals surface area (Å²) in [5, 5.41) is 0.912. The maximum absolute atomic E-state index is 14.2. The molecule has 3 aromatic rings. The molecule has 3 heteroatoms. The quantitative estimate of drug-likeness (QED) is 0.404. The van der Waals surface area contributed by atoms with E-state index < -0.39 is 11.6 Å². The van der Waals surface area contributed by atoms with Crippen molar-refractivity contribution in [2.24, 2.45) is 5.92 Å². The molecule has 0 bridgehead atoms. The Morgan fingerprint density at radius 2 is 1.61 bits per heavy atom. The van der Waals surface area contributed by atoms with Gasteiger partial charge in [0.2, 0.25) is 0 Å². The van der Waals surface area contributed by atoms with E-state index in [0.717, 1.165) is 48.4 Å². The molecule has 0 radical (unpaired) electrons. The minimum absolute atomic E-state index is 0.102. The van der Waals surface area contributed by atoms with Gasteiger partial charge in [0.25, 0.3) is 0 Å². The molecule has 0 aromatic heterocycles. The van der Waals surface area contributed by atoms with E-state index in [1.54, 1.807) is 30.3 Å². The van der Waals surface area contributed by atoms with E-state index in [0.29, 0.717) is 5.39 Å². The van der Waals surface area contributed by atoms with Crippen LogP contribution < -0.4 is 0 Å². The maximum atomic E-state index is 14.2. The van der Waals surface area contributed by atoms with Crippen LogP contribution in [0.2, 0.25) is 0 Å². The lowest BCUT2D eigenvalue weighted by molar-refractivity contribution is 0.376. The third-order valence-electron chi connectivity index (χ3n) is 5.65. The second-order valence-electron chi connectivity index (χ2n) is 7.64. The highest BCUT2D eigenvalue weighted by atomic mass is 19.2. The summed E-state index contributed by atoms with van der Waals surface area (Å²) in [6.45, 7) is 1.90. The van der Waals surface area contributed by atoms with Gasteiger partial charge in [0.15, 0.2) is 11.6 Å². The van der Waals surface area contributed by atoms with Crippen LogP contribution >= 0.6 is 0 Å². The molecule has 0 saturated heterocycles. The van der Waals surface area contributed by atoms with E-state index >= 15 is 0 Å². The molecule has 0 spiro atoms. The Labute approximate surface area is 163 Å². The summed E-state index contributed by atoms with van der Waals surface area (Å²) >= 11 is 0. The van der Waals surface area contributed by atoms with Crippen LogP contribution in [0.1, 0.15) is 48.3 Å². The van der Waals surface area contributed by atoms with Gasteiger partial charge in [-0.25, -0.2) is 13.2 Å². The Kier molecular flexibility index (Phi) is 5.13. The number of benzene rings is 3. The number of hydrogen-bond acceptors (Lipinski definition) is 0. The zero-order chi connectivity index (χ0) is 19.7. The van der Waals surface area contributed by atoms with Crippen molar-refractivity contribution >= 4 is 10.8 Å². The van der Waals surface area contributed by atoms with Gasteiger partial charge in [-0.3, -0.25) is 0 Å². The van der Waals surface area contributed by atoms with Crippen LogP contribution in [0.3, 0.4) is 0 Å². The highest BCUT2D eigenvalue weighted by molar-refractivity contribution is 5.84. The van der Waals surface area contributed by atoms with Crippen LogP contribution in [0.25, 0.3) is 10.8 Å². The zero-order valence-electron chi connectivity index (χ0n) is 15.7. The van der Waals surface area contributed by atoms with Crippen LogP contribution in [-0.4, -0.2) is 0 Å². The lowest BCUT2D eigenvalue weighted by Gasteiger charge is -2.26. The van der Waals surface area contributed by atoms with Gasteiger partial charge in [0.05, 0.1) is 0 Å². The van der Waals surface area contributed by atoms with Gasteiger partial charge in [-0.15, -0.1) is 0 Å². The van der Waals surface area contributed by atoms with Gasteiger partial charge in [0.1, 0.15) is 5.82 Å². The van der Waals surface area contributed by atoms with Crippen LogP contribution in [-0.2, 0) is 0 Å². The molecule has 1 aliphatic carbocycles. The minimum Gasteiger partial charge on any atom is -0.207 e. The normalized spacial score (nSPS) is 19.3. The summed E-state index contributed by atoms with van der Waals surface area (Å²) in [6.07, 6.45) is 3.75. The lowest BCUT2D eigenvalue weighted by Crippen LogP contribution is -2.13. The van der Waals surface area contributed by atoms with Crippen LogP contribution in [0.5, 0.6) is 0 Å². The predicted molar refractivity (Wildman–Crippen MR) is 107 cm³/mol. The number of rotatable bonds is 1. The first-order valence-electron chi connectivity index (χ1n) is 9.66. The topological polar surface area (TPSA) is 0 Å². The Morgan fingerprint density at radius 3 is 2.36 bits per heavy atom. The first-order chi connectivity index (χ1) is 13.5. The van der Waals surface area contributed by atoms with Gasteiger partial charge in [-0.2, -0.15) is 0 Å². The second kappa shape index (κ2) is 7.72. The third-order valence-corrected chi connectivity index (χ3v) is 5.65. The molecular weight excluding hydrogens is 357 g/mol. The van der Waals surface area contributed by atoms with E-state index in [1.165, 1.54) is 0 Å². The van der Waals surface area contributed by atoms with E-state index in [2.05, 4.69) is 11.8 Å². The maximum Gasteiger partial charge on any atom is 0.166 e. The molecule has 0 nitrogen and oxygen atoms in total. The number of aryl methyl sites for hydroxylation is 1. The Hall–Kier alpha value is -2.73. The van der Waals surface area contributed by atoms with Crippen LogP contribution in [0, 0.1) is 42.1 Å². The molecule has 3 aromatic carbocycles. The van der Waals surface area contributed by atoms with Gasteiger partial charge >= 0.3 is 0 Å². The standard InChI is InChI=1S/C25H21F3/c1-16-2-11-21(24(27)14-16)19-8-5-17(6-9-19)3-4-18-7-12-22-20(15-18)10-13-23(26)25(22)28/h2,7,10-15,17,19H,5-6,8-9H2,1H3. The first-order valence-corrected chi connectivity index (χ1v) is 9.66. The summed E-state index contributed by atoms with van der Waals surface area (Å²) in [5.74, 6) is 5.27. The van der Waals surface area contributed by atoms with Gasteiger partial charge in [-0.1, -0.05) is 36.1 Å². The SMILES string of the molecule is Cc1ccc(C2CCC(C#Cc3ccc4c(F)c(F)ccc4c3)CC2)c(F)c1. The average molecular weight is 378 g/mol. The summed E-state index contributed by atoms with van der Waals surface area (Å²) in [5.41, 5.74) is 2.56. The van der Waals surface area contributed by atoms with Crippen molar-refractivity contribution in [2.75, 3.05) is 0 Å². The Morgan fingerprint density at radius 1 is 0.821 bits per heavy atom. The fraction of sp³-hybridized carbons (Fsp3) is 0.280. The molecule has 0 atom stereocenters. The summed E-state index contributed by atoms with van der Waals surface area (Å²) in [7, 11) is 0. The Balaban J connectivity index is 1.45.